The van der Waals surface area contributed by atoms with Gasteiger partial charge < -0.3 is 15.4 Å². The Bertz CT molecular complexity index is 709. The molecule has 0 unspecified atom stereocenters. The molecular formula is C19H28N4OS. The molecule has 136 valence electrons. The average molecular weight is 361 g/mol. The molecule has 0 radical (unpaired) electrons. The molecule has 25 heavy (non-hydrogen) atoms. The number of aryl methyl sites for hydroxylation is 2. The van der Waals surface area contributed by atoms with E-state index in [4.69, 9.17) is 9.73 Å². The fourth-order valence-electron chi connectivity index (χ4n) is 2.32. The zero-order valence-electron chi connectivity index (χ0n) is 15.7. The molecule has 0 aliphatic heterocycles. The summed E-state index contributed by atoms with van der Waals surface area (Å²) in [7, 11) is 0. The Kier molecular flexibility index (Phi) is 7.25. The molecule has 1 heterocycles. The minimum Gasteiger partial charge on any atom is -0.491 e. The van der Waals surface area contributed by atoms with E-state index in [9.17, 15) is 0 Å². The zero-order valence-corrected chi connectivity index (χ0v) is 16.5. The lowest BCUT2D eigenvalue weighted by atomic mass is 10.1. The smallest absolute Gasteiger partial charge is 0.191 e. The molecule has 0 saturated carbocycles. The molecule has 0 bridgehead atoms. The molecule has 0 aliphatic carbocycles. The summed E-state index contributed by atoms with van der Waals surface area (Å²) in [5.74, 6) is 1.71. The summed E-state index contributed by atoms with van der Waals surface area (Å²) in [6, 6.07) is 6.26. The first-order chi connectivity index (χ1) is 12.0. The number of thiazole rings is 1. The van der Waals surface area contributed by atoms with Crippen LogP contribution in [-0.2, 0) is 13.1 Å². The van der Waals surface area contributed by atoms with E-state index in [1.807, 2.05) is 27.0 Å². The van der Waals surface area contributed by atoms with Gasteiger partial charge in [-0.15, -0.1) is 11.3 Å². The Morgan fingerprint density at radius 3 is 2.72 bits per heavy atom. The lowest BCUT2D eigenvalue weighted by Gasteiger charge is -2.15. The van der Waals surface area contributed by atoms with Crippen LogP contribution in [0.25, 0.3) is 0 Å². The normalized spacial score (nSPS) is 11.7. The van der Waals surface area contributed by atoms with E-state index in [2.05, 4.69) is 47.7 Å². The predicted molar refractivity (Wildman–Crippen MR) is 105 cm³/mol. The molecular weight excluding hydrogens is 332 g/mol. The Labute approximate surface area is 154 Å². The second kappa shape index (κ2) is 9.42. The SMILES string of the molecule is CCNC(=NCc1ccc(C)cc1OC(C)C)NCc1cnc(C)s1. The van der Waals surface area contributed by atoms with Gasteiger partial charge in [0.2, 0.25) is 0 Å². The molecule has 1 aromatic heterocycles. The van der Waals surface area contributed by atoms with Crippen LogP contribution in [-0.4, -0.2) is 23.6 Å². The first-order valence-electron chi connectivity index (χ1n) is 8.67. The lowest BCUT2D eigenvalue weighted by Crippen LogP contribution is -2.36. The maximum Gasteiger partial charge on any atom is 0.191 e. The number of hydrogen-bond acceptors (Lipinski definition) is 4. The number of rotatable bonds is 7. The van der Waals surface area contributed by atoms with Crippen molar-refractivity contribution in [1.82, 2.24) is 15.6 Å². The molecule has 0 spiro atoms. The van der Waals surface area contributed by atoms with Crippen molar-refractivity contribution < 1.29 is 4.74 Å². The first-order valence-corrected chi connectivity index (χ1v) is 9.49. The second-order valence-corrected chi connectivity index (χ2v) is 7.49. The van der Waals surface area contributed by atoms with E-state index in [-0.39, 0.29) is 6.10 Å². The summed E-state index contributed by atoms with van der Waals surface area (Å²) in [5, 5.41) is 7.72. The van der Waals surface area contributed by atoms with Crippen LogP contribution in [0, 0.1) is 13.8 Å². The van der Waals surface area contributed by atoms with Gasteiger partial charge in [-0.1, -0.05) is 12.1 Å². The van der Waals surface area contributed by atoms with Crippen molar-refractivity contribution in [1.29, 1.82) is 0 Å². The number of nitrogens with zero attached hydrogens (tertiary/aromatic N) is 2. The van der Waals surface area contributed by atoms with Crippen molar-refractivity contribution in [2.24, 2.45) is 4.99 Å². The number of aromatic nitrogens is 1. The van der Waals surface area contributed by atoms with Gasteiger partial charge >= 0.3 is 0 Å². The number of benzene rings is 1. The van der Waals surface area contributed by atoms with Crippen LogP contribution in [0.5, 0.6) is 5.75 Å². The fraction of sp³-hybridized carbons (Fsp3) is 0.474. The minimum atomic E-state index is 0.144. The maximum atomic E-state index is 5.93. The molecule has 0 amide bonds. The van der Waals surface area contributed by atoms with Crippen LogP contribution >= 0.6 is 11.3 Å². The molecule has 1 aromatic carbocycles. The summed E-state index contributed by atoms with van der Waals surface area (Å²) >= 11 is 1.70. The quantitative estimate of drug-likeness (QED) is 0.582. The average Bonchev–Trinajstić information content (AvgIpc) is 2.96. The van der Waals surface area contributed by atoms with Gasteiger partial charge in [-0.25, -0.2) is 9.98 Å². The van der Waals surface area contributed by atoms with Crippen LogP contribution in [0.1, 0.15) is 41.8 Å². The third kappa shape index (κ3) is 6.38. The van der Waals surface area contributed by atoms with Gasteiger partial charge in [-0.2, -0.15) is 0 Å². The molecule has 2 rings (SSSR count). The van der Waals surface area contributed by atoms with Crippen LogP contribution in [0.4, 0.5) is 0 Å². The van der Waals surface area contributed by atoms with Gasteiger partial charge in [-0.3, -0.25) is 0 Å². The second-order valence-electron chi connectivity index (χ2n) is 6.17. The standard InChI is InChI=1S/C19H28N4OS/c1-6-20-19(23-12-17-11-21-15(5)25-17)22-10-16-8-7-14(4)9-18(16)24-13(2)3/h7-9,11,13H,6,10,12H2,1-5H3,(H2,20,22,23). The molecule has 2 N–H and O–H groups in total. The van der Waals surface area contributed by atoms with E-state index in [0.717, 1.165) is 35.4 Å². The summed E-state index contributed by atoms with van der Waals surface area (Å²) in [6.45, 7) is 12.3. The Balaban J connectivity index is 2.07. The minimum absolute atomic E-state index is 0.144. The Morgan fingerprint density at radius 2 is 2.08 bits per heavy atom. The van der Waals surface area contributed by atoms with Crippen molar-refractivity contribution in [2.45, 2.75) is 53.8 Å². The summed E-state index contributed by atoms with van der Waals surface area (Å²) in [5.41, 5.74) is 2.28. The Morgan fingerprint density at radius 1 is 1.28 bits per heavy atom. The lowest BCUT2D eigenvalue weighted by molar-refractivity contribution is 0.240. The highest BCUT2D eigenvalue weighted by molar-refractivity contribution is 7.11. The summed E-state index contributed by atoms with van der Waals surface area (Å²) in [6.07, 6.45) is 2.05. The molecule has 5 nitrogen and oxygen atoms in total. The molecule has 6 heteroatoms. The van der Waals surface area contributed by atoms with Gasteiger partial charge in [-0.05, 0) is 46.2 Å². The van der Waals surface area contributed by atoms with E-state index < -0.39 is 0 Å². The number of hydrogen-bond donors (Lipinski definition) is 2. The number of aliphatic imine (C=N–C) groups is 1. The van der Waals surface area contributed by atoms with Gasteiger partial charge in [0.05, 0.1) is 24.2 Å². The Hall–Kier alpha value is -2.08. The third-order valence-corrected chi connectivity index (χ3v) is 4.35. The van der Waals surface area contributed by atoms with Crippen molar-refractivity contribution in [3.05, 3.63) is 45.4 Å². The highest BCUT2D eigenvalue weighted by Gasteiger charge is 2.07. The van der Waals surface area contributed by atoms with Gasteiger partial charge in [0.25, 0.3) is 0 Å². The molecule has 0 fully saturated rings. The van der Waals surface area contributed by atoms with Gasteiger partial charge in [0.15, 0.2) is 5.96 Å². The molecule has 0 aliphatic rings. The first kappa shape index (κ1) is 19.2. The maximum absolute atomic E-state index is 5.93. The van der Waals surface area contributed by atoms with Crippen LogP contribution in [0.2, 0.25) is 0 Å². The number of guanidine groups is 1. The van der Waals surface area contributed by atoms with Crippen molar-refractivity contribution in [3.8, 4) is 5.75 Å². The predicted octanol–water partition coefficient (Wildman–Crippen LogP) is 3.80. The highest BCUT2D eigenvalue weighted by Crippen LogP contribution is 2.22. The number of ether oxygens (including phenoxy) is 1. The summed E-state index contributed by atoms with van der Waals surface area (Å²) < 4.78 is 5.93. The van der Waals surface area contributed by atoms with E-state index in [0.29, 0.717) is 6.54 Å². The highest BCUT2D eigenvalue weighted by atomic mass is 32.1. The molecule has 0 saturated heterocycles. The van der Waals surface area contributed by atoms with Gasteiger partial charge in [0.1, 0.15) is 5.75 Å². The summed E-state index contributed by atoms with van der Waals surface area (Å²) in [4.78, 5) is 10.2. The van der Waals surface area contributed by atoms with Crippen LogP contribution < -0.4 is 15.4 Å². The van der Waals surface area contributed by atoms with E-state index in [1.165, 1.54) is 10.4 Å². The zero-order chi connectivity index (χ0) is 18.2. The van der Waals surface area contributed by atoms with Crippen LogP contribution in [0.3, 0.4) is 0 Å². The monoisotopic (exact) mass is 360 g/mol. The largest absolute Gasteiger partial charge is 0.491 e. The van der Waals surface area contributed by atoms with Crippen LogP contribution in [0.15, 0.2) is 29.4 Å². The van der Waals surface area contributed by atoms with Gasteiger partial charge in [0, 0.05) is 23.2 Å². The molecule has 0 atom stereocenters. The molecule has 2 aromatic rings. The van der Waals surface area contributed by atoms with Crippen molar-refractivity contribution >= 4 is 17.3 Å². The fourth-order valence-corrected chi connectivity index (χ4v) is 3.05. The van der Waals surface area contributed by atoms with E-state index in [1.54, 1.807) is 11.3 Å². The van der Waals surface area contributed by atoms with Crippen molar-refractivity contribution in [2.75, 3.05) is 6.54 Å². The number of nitrogens with one attached hydrogen (secondary N) is 2. The topological polar surface area (TPSA) is 58.5 Å². The van der Waals surface area contributed by atoms with E-state index >= 15 is 0 Å². The third-order valence-electron chi connectivity index (χ3n) is 3.44. The van der Waals surface area contributed by atoms with Crippen molar-refractivity contribution in [3.63, 3.8) is 0 Å².